The minimum Gasteiger partial charge on any atom is -0.478 e. The third-order valence-corrected chi connectivity index (χ3v) is 2.36. The number of carboxylic acids is 1. The molecule has 3 nitrogen and oxygen atoms in total. The van der Waals surface area contributed by atoms with Crippen molar-refractivity contribution in [3.8, 4) is 0 Å². The number of hydrogen-bond donors (Lipinski definition) is 1. The summed E-state index contributed by atoms with van der Waals surface area (Å²) in [7, 11) is 0. The molecular weight excluding hydrogens is 168 g/mol. The lowest BCUT2D eigenvalue weighted by Crippen LogP contribution is -2.31. The highest BCUT2D eigenvalue weighted by molar-refractivity contribution is 5.86. The average molecular weight is 184 g/mol. The molecule has 0 aliphatic carbocycles. The van der Waals surface area contributed by atoms with Crippen molar-refractivity contribution in [1.29, 1.82) is 0 Å². The van der Waals surface area contributed by atoms with Crippen LogP contribution in [-0.2, 0) is 9.53 Å². The van der Waals surface area contributed by atoms with Gasteiger partial charge in [-0.05, 0) is 39.2 Å². The van der Waals surface area contributed by atoms with Crippen molar-refractivity contribution >= 4 is 5.97 Å². The second-order valence-corrected chi connectivity index (χ2v) is 3.75. The summed E-state index contributed by atoms with van der Waals surface area (Å²) in [6.07, 6.45) is 4.82. The van der Waals surface area contributed by atoms with E-state index >= 15 is 0 Å². The third-order valence-electron chi connectivity index (χ3n) is 2.36. The van der Waals surface area contributed by atoms with E-state index in [4.69, 9.17) is 9.84 Å². The number of carboxylic acid groups (broad SMARTS) is 1. The molecule has 1 unspecified atom stereocenters. The van der Waals surface area contributed by atoms with Gasteiger partial charge in [-0.15, -0.1) is 0 Å². The Morgan fingerprint density at radius 1 is 1.54 bits per heavy atom. The standard InChI is InChI=1S/C10H16O3/c1-8(9(11)12)7-10(2)5-3-4-6-13-10/h7H,3-6H2,1-2H3,(H,11,12). The van der Waals surface area contributed by atoms with Crippen LogP contribution >= 0.6 is 0 Å². The van der Waals surface area contributed by atoms with Crippen LogP contribution in [-0.4, -0.2) is 23.3 Å². The van der Waals surface area contributed by atoms with E-state index in [9.17, 15) is 4.79 Å². The molecule has 0 spiro atoms. The van der Waals surface area contributed by atoms with E-state index < -0.39 is 5.97 Å². The van der Waals surface area contributed by atoms with Crippen molar-refractivity contribution in [3.63, 3.8) is 0 Å². The fraction of sp³-hybridized carbons (Fsp3) is 0.700. The Labute approximate surface area is 78.4 Å². The molecule has 1 saturated heterocycles. The van der Waals surface area contributed by atoms with Gasteiger partial charge in [0.2, 0.25) is 0 Å². The summed E-state index contributed by atoms with van der Waals surface area (Å²) in [6.45, 7) is 4.28. The molecule has 1 heterocycles. The van der Waals surface area contributed by atoms with Crippen LogP contribution in [0.5, 0.6) is 0 Å². The van der Waals surface area contributed by atoms with Crippen LogP contribution in [0.2, 0.25) is 0 Å². The molecule has 1 fully saturated rings. The predicted octanol–water partition coefficient (Wildman–Crippen LogP) is 1.98. The van der Waals surface area contributed by atoms with Crippen LogP contribution in [0.4, 0.5) is 0 Å². The van der Waals surface area contributed by atoms with Gasteiger partial charge in [0.25, 0.3) is 0 Å². The van der Waals surface area contributed by atoms with E-state index in [1.54, 1.807) is 13.0 Å². The van der Waals surface area contributed by atoms with E-state index in [2.05, 4.69) is 0 Å². The molecule has 1 aliphatic heterocycles. The van der Waals surface area contributed by atoms with Crippen molar-refractivity contribution in [2.45, 2.75) is 38.7 Å². The van der Waals surface area contributed by atoms with Crippen LogP contribution in [0.25, 0.3) is 0 Å². The van der Waals surface area contributed by atoms with E-state index in [0.29, 0.717) is 5.57 Å². The number of hydrogen-bond acceptors (Lipinski definition) is 2. The lowest BCUT2D eigenvalue weighted by atomic mass is 9.94. The number of aliphatic carboxylic acids is 1. The highest BCUT2D eigenvalue weighted by atomic mass is 16.5. The van der Waals surface area contributed by atoms with Gasteiger partial charge >= 0.3 is 5.97 Å². The van der Waals surface area contributed by atoms with Crippen LogP contribution in [0, 0.1) is 0 Å². The molecule has 0 aromatic carbocycles. The average Bonchev–Trinajstić information content (AvgIpc) is 2.04. The molecular formula is C10H16O3. The Balaban J connectivity index is 2.68. The van der Waals surface area contributed by atoms with Gasteiger partial charge in [-0.25, -0.2) is 4.79 Å². The monoisotopic (exact) mass is 184 g/mol. The molecule has 0 aromatic heterocycles. The van der Waals surface area contributed by atoms with Gasteiger partial charge in [0.05, 0.1) is 5.60 Å². The molecule has 0 bridgehead atoms. The first kappa shape index (κ1) is 10.3. The normalized spacial score (nSPS) is 30.2. The minimum atomic E-state index is -0.865. The number of ether oxygens (including phenoxy) is 1. The SMILES string of the molecule is CC(=CC1(C)CCCCO1)C(=O)O. The molecule has 1 aliphatic rings. The van der Waals surface area contributed by atoms with Gasteiger partial charge in [0.15, 0.2) is 0 Å². The van der Waals surface area contributed by atoms with Crippen LogP contribution in [0.1, 0.15) is 33.1 Å². The van der Waals surface area contributed by atoms with Crippen LogP contribution in [0.15, 0.2) is 11.6 Å². The lowest BCUT2D eigenvalue weighted by molar-refractivity contribution is -0.132. The molecule has 1 rings (SSSR count). The quantitative estimate of drug-likeness (QED) is 0.667. The molecule has 13 heavy (non-hydrogen) atoms. The summed E-state index contributed by atoms with van der Waals surface area (Å²) >= 11 is 0. The maximum Gasteiger partial charge on any atom is 0.331 e. The minimum absolute atomic E-state index is 0.360. The zero-order chi connectivity index (χ0) is 9.90. The topological polar surface area (TPSA) is 46.5 Å². The smallest absolute Gasteiger partial charge is 0.331 e. The maximum absolute atomic E-state index is 10.6. The van der Waals surface area contributed by atoms with Crippen LogP contribution in [0.3, 0.4) is 0 Å². The Morgan fingerprint density at radius 2 is 2.23 bits per heavy atom. The fourth-order valence-electron chi connectivity index (χ4n) is 1.59. The Kier molecular flexibility index (Phi) is 3.09. The molecule has 0 saturated carbocycles. The van der Waals surface area contributed by atoms with E-state index in [1.807, 2.05) is 6.92 Å². The van der Waals surface area contributed by atoms with Gasteiger partial charge in [0.1, 0.15) is 0 Å². The van der Waals surface area contributed by atoms with Gasteiger partial charge in [-0.1, -0.05) is 0 Å². The molecule has 74 valence electrons. The summed E-state index contributed by atoms with van der Waals surface area (Å²) in [5.41, 5.74) is 0.00479. The summed E-state index contributed by atoms with van der Waals surface area (Å²) in [5.74, 6) is -0.865. The van der Waals surface area contributed by atoms with E-state index in [-0.39, 0.29) is 5.60 Å². The first-order valence-electron chi connectivity index (χ1n) is 4.60. The van der Waals surface area contributed by atoms with Crippen molar-refractivity contribution in [3.05, 3.63) is 11.6 Å². The van der Waals surface area contributed by atoms with Crippen molar-refractivity contribution in [1.82, 2.24) is 0 Å². The zero-order valence-electron chi connectivity index (χ0n) is 8.17. The largest absolute Gasteiger partial charge is 0.478 e. The van der Waals surface area contributed by atoms with Crippen LogP contribution < -0.4 is 0 Å². The summed E-state index contributed by atoms with van der Waals surface area (Å²) in [6, 6.07) is 0. The molecule has 0 amide bonds. The summed E-state index contributed by atoms with van der Waals surface area (Å²) in [5, 5.41) is 8.70. The Hall–Kier alpha value is -0.830. The molecule has 3 heteroatoms. The molecule has 0 aromatic rings. The second-order valence-electron chi connectivity index (χ2n) is 3.75. The van der Waals surface area contributed by atoms with Crippen molar-refractivity contribution < 1.29 is 14.6 Å². The van der Waals surface area contributed by atoms with Gasteiger partial charge in [-0.3, -0.25) is 0 Å². The summed E-state index contributed by atoms with van der Waals surface area (Å²) < 4.78 is 5.55. The van der Waals surface area contributed by atoms with Gasteiger partial charge < -0.3 is 9.84 Å². The third kappa shape index (κ3) is 2.84. The highest BCUT2D eigenvalue weighted by Crippen LogP contribution is 2.26. The predicted molar refractivity (Wildman–Crippen MR) is 49.6 cm³/mol. The lowest BCUT2D eigenvalue weighted by Gasteiger charge is -2.31. The van der Waals surface area contributed by atoms with E-state index in [1.165, 1.54) is 0 Å². The maximum atomic E-state index is 10.6. The number of carbonyl (C=O) groups is 1. The molecule has 0 radical (unpaired) electrons. The summed E-state index contributed by atoms with van der Waals surface area (Å²) in [4.78, 5) is 10.6. The van der Waals surface area contributed by atoms with E-state index in [0.717, 1.165) is 25.9 Å². The fourth-order valence-corrected chi connectivity index (χ4v) is 1.59. The second kappa shape index (κ2) is 3.92. The number of rotatable bonds is 2. The van der Waals surface area contributed by atoms with Gasteiger partial charge in [0, 0.05) is 12.2 Å². The molecule has 1 N–H and O–H groups in total. The first-order valence-corrected chi connectivity index (χ1v) is 4.60. The van der Waals surface area contributed by atoms with Crippen molar-refractivity contribution in [2.24, 2.45) is 0 Å². The first-order chi connectivity index (χ1) is 6.03. The van der Waals surface area contributed by atoms with Crippen molar-refractivity contribution in [2.75, 3.05) is 6.61 Å². The highest BCUT2D eigenvalue weighted by Gasteiger charge is 2.26. The zero-order valence-corrected chi connectivity index (χ0v) is 8.17. The Morgan fingerprint density at radius 3 is 2.69 bits per heavy atom. The molecule has 1 atom stereocenters. The Bertz CT molecular complexity index is 224. The van der Waals surface area contributed by atoms with Gasteiger partial charge in [-0.2, -0.15) is 0 Å².